The quantitative estimate of drug-likeness (QED) is 0.494. The molecular formula is C20H22Cl2N6S3. The normalized spacial score (nSPS) is 20.1. The van der Waals surface area contributed by atoms with Gasteiger partial charge in [0.15, 0.2) is 16.5 Å². The van der Waals surface area contributed by atoms with Crippen molar-refractivity contribution in [3.63, 3.8) is 0 Å². The summed E-state index contributed by atoms with van der Waals surface area (Å²) in [6.07, 6.45) is 8.73. The van der Waals surface area contributed by atoms with Gasteiger partial charge in [-0.3, -0.25) is 10.3 Å². The van der Waals surface area contributed by atoms with Gasteiger partial charge in [0, 0.05) is 32.0 Å². The van der Waals surface area contributed by atoms with Crippen molar-refractivity contribution < 1.29 is 0 Å². The summed E-state index contributed by atoms with van der Waals surface area (Å²) < 4.78 is 2.21. The Morgan fingerprint density at radius 2 is 1.87 bits per heavy atom. The van der Waals surface area contributed by atoms with E-state index in [9.17, 15) is 0 Å². The molecule has 0 fully saturated rings. The summed E-state index contributed by atoms with van der Waals surface area (Å²) in [6, 6.07) is 0. The minimum atomic E-state index is -0.0313. The molecular weight excluding hydrogens is 491 g/mol. The molecule has 5 rings (SSSR count). The highest BCUT2D eigenvalue weighted by atomic mass is 35.5. The molecule has 1 N–H and O–H groups in total. The van der Waals surface area contributed by atoms with Gasteiger partial charge in [0.05, 0.1) is 0 Å². The van der Waals surface area contributed by atoms with Gasteiger partial charge in [-0.1, -0.05) is 58.9 Å². The number of hydrogen-bond acceptors (Lipinski definition) is 8. The van der Waals surface area contributed by atoms with Gasteiger partial charge >= 0.3 is 0 Å². The highest BCUT2D eigenvalue weighted by molar-refractivity contribution is 8.14. The molecule has 4 heterocycles. The first kappa shape index (κ1) is 21.7. The largest absolute Gasteiger partial charge is 0.280 e. The topological polar surface area (TPSA) is 58.3 Å². The van der Waals surface area contributed by atoms with Crippen molar-refractivity contribution >= 4 is 69.2 Å². The van der Waals surface area contributed by atoms with E-state index in [4.69, 9.17) is 23.2 Å². The van der Waals surface area contributed by atoms with Gasteiger partial charge in [-0.25, -0.2) is 4.57 Å². The fraction of sp³-hybridized carbons (Fsp3) is 0.450. The van der Waals surface area contributed by atoms with E-state index in [1.807, 2.05) is 37.3 Å². The molecule has 2 aromatic heterocycles. The monoisotopic (exact) mass is 512 g/mol. The van der Waals surface area contributed by atoms with E-state index in [0.29, 0.717) is 0 Å². The first-order chi connectivity index (χ1) is 15.0. The minimum Gasteiger partial charge on any atom is -0.280 e. The summed E-state index contributed by atoms with van der Waals surface area (Å²) in [5.74, 6) is 2.32. The molecule has 3 aliphatic rings. The van der Waals surface area contributed by atoms with E-state index >= 15 is 0 Å². The number of hydrogen-bond donors (Lipinski definition) is 1. The third-order valence-electron chi connectivity index (χ3n) is 5.40. The Morgan fingerprint density at radius 1 is 1.13 bits per heavy atom. The van der Waals surface area contributed by atoms with Crippen molar-refractivity contribution in [1.82, 2.24) is 20.2 Å². The number of anilines is 1. The Hall–Kier alpha value is -1.13. The molecule has 2 aliphatic heterocycles. The molecule has 0 bridgehead atoms. The number of thioether (sulfide) groups is 2. The maximum absolute atomic E-state index is 6.03. The summed E-state index contributed by atoms with van der Waals surface area (Å²) >= 11 is 17.2. The number of fused-ring (bicyclic) bond motifs is 8. The number of hydrazone groups is 1. The third-order valence-corrected chi connectivity index (χ3v) is 8.74. The van der Waals surface area contributed by atoms with E-state index in [1.165, 1.54) is 33.8 Å². The second kappa shape index (κ2) is 9.02. The molecule has 164 valence electrons. The molecule has 0 spiro atoms. The fourth-order valence-corrected chi connectivity index (χ4v) is 7.63. The summed E-state index contributed by atoms with van der Waals surface area (Å²) in [4.78, 5) is 3.68. The summed E-state index contributed by atoms with van der Waals surface area (Å²) in [6.45, 7) is 3.78. The predicted octanol–water partition coefficient (Wildman–Crippen LogP) is 6.01. The predicted molar refractivity (Wildman–Crippen MR) is 134 cm³/mol. The van der Waals surface area contributed by atoms with Crippen molar-refractivity contribution in [3.05, 3.63) is 38.2 Å². The van der Waals surface area contributed by atoms with Gasteiger partial charge in [-0.2, -0.15) is 5.10 Å². The standard InChI is InChI=1S/C20H22Cl2N6S3/c1-11(21)7-9-29-19-25-23-16-15-13-5-3-4-6-14(13)31-17(15)28-18(27(16)19)24-26-20(28)30-10-8-12(2)22/h7-8,16,23H,3-6,9-10H2,1-2H3/b11-7-,12-8-. The van der Waals surface area contributed by atoms with Crippen LogP contribution in [-0.4, -0.2) is 31.4 Å². The number of aromatic nitrogens is 3. The Morgan fingerprint density at radius 3 is 2.65 bits per heavy atom. The highest BCUT2D eigenvalue weighted by Crippen LogP contribution is 2.49. The van der Waals surface area contributed by atoms with Crippen LogP contribution in [0.5, 0.6) is 0 Å². The number of halogens is 2. The average molecular weight is 514 g/mol. The van der Waals surface area contributed by atoms with Gasteiger partial charge < -0.3 is 0 Å². The Kier molecular flexibility index (Phi) is 6.31. The van der Waals surface area contributed by atoms with Gasteiger partial charge in [-0.05, 0) is 45.1 Å². The van der Waals surface area contributed by atoms with Crippen LogP contribution in [0.15, 0.2) is 32.5 Å². The first-order valence-corrected chi connectivity index (χ1v) is 13.7. The van der Waals surface area contributed by atoms with Crippen LogP contribution >= 0.6 is 58.1 Å². The number of thiophene rings is 1. The van der Waals surface area contributed by atoms with E-state index in [-0.39, 0.29) is 6.17 Å². The number of allylic oxidation sites excluding steroid dienone is 2. The second-order valence-electron chi connectivity index (χ2n) is 7.55. The zero-order valence-electron chi connectivity index (χ0n) is 17.2. The SMILES string of the molecule is C/C(Cl)=C/CSC1=NNC2c3c(sc4c3CCCC4)-n3c(SC/C=C(/C)Cl)nnc3N12. The molecule has 1 atom stereocenters. The number of nitrogens with one attached hydrogen (secondary N) is 1. The summed E-state index contributed by atoms with van der Waals surface area (Å²) in [7, 11) is 0. The maximum Gasteiger partial charge on any atom is 0.241 e. The molecule has 1 unspecified atom stereocenters. The number of nitrogens with zero attached hydrogens (tertiary/aromatic N) is 5. The molecule has 0 saturated carbocycles. The zero-order valence-corrected chi connectivity index (χ0v) is 21.2. The Bertz CT molecular complexity index is 1090. The smallest absolute Gasteiger partial charge is 0.241 e. The fourth-order valence-electron chi connectivity index (χ4n) is 4.01. The number of aryl methyl sites for hydroxylation is 1. The van der Waals surface area contributed by atoms with Crippen LogP contribution in [0.3, 0.4) is 0 Å². The molecule has 0 aromatic carbocycles. The Balaban J connectivity index is 1.56. The molecule has 11 heteroatoms. The third kappa shape index (κ3) is 4.04. The lowest BCUT2D eigenvalue weighted by atomic mass is 9.94. The average Bonchev–Trinajstić information content (AvgIpc) is 3.42. The van der Waals surface area contributed by atoms with Gasteiger partial charge in [0.25, 0.3) is 0 Å². The van der Waals surface area contributed by atoms with E-state index in [2.05, 4.69) is 30.2 Å². The van der Waals surface area contributed by atoms with Crippen molar-refractivity contribution in [1.29, 1.82) is 0 Å². The van der Waals surface area contributed by atoms with Gasteiger partial charge in [0.1, 0.15) is 5.00 Å². The number of rotatable bonds is 5. The van der Waals surface area contributed by atoms with E-state index < -0.39 is 0 Å². The van der Waals surface area contributed by atoms with Crippen LogP contribution in [0.1, 0.15) is 48.9 Å². The molecule has 0 amide bonds. The van der Waals surface area contributed by atoms with Gasteiger partial charge in [0.2, 0.25) is 5.95 Å². The van der Waals surface area contributed by atoms with Crippen molar-refractivity contribution in [3.8, 4) is 5.00 Å². The van der Waals surface area contributed by atoms with Crippen LogP contribution in [0.25, 0.3) is 5.00 Å². The summed E-state index contributed by atoms with van der Waals surface area (Å²) in [5.41, 5.74) is 6.20. The minimum absolute atomic E-state index is 0.0313. The van der Waals surface area contributed by atoms with E-state index in [0.717, 1.165) is 50.7 Å². The summed E-state index contributed by atoms with van der Waals surface area (Å²) in [5, 5.41) is 18.4. The zero-order chi connectivity index (χ0) is 21.5. The molecule has 0 saturated heterocycles. The van der Waals surface area contributed by atoms with E-state index in [1.54, 1.807) is 23.5 Å². The lowest BCUT2D eigenvalue weighted by Crippen LogP contribution is -2.38. The van der Waals surface area contributed by atoms with Crippen LogP contribution in [0.4, 0.5) is 5.95 Å². The second-order valence-corrected chi connectivity index (χ2v) is 11.8. The molecule has 1 aliphatic carbocycles. The lowest BCUT2D eigenvalue weighted by Gasteiger charge is -2.31. The lowest BCUT2D eigenvalue weighted by molar-refractivity contribution is 0.576. The Labute approximate surface area is 204 Å². The first-order valence-electron chi connectivity index (χ1n) is 10.2. The maximum atomic E-state index is 6.03. The van der Waals surface area contributed by atoms with Crippen molar-refractivity contribution in [2.45, 2.75) is 50.9 Å². The molecule has 0 radical (unpaired) electrons. The van der Waals surface area contributed by atoms with Crippen molar-refractivity contribution in [2.24, 2.45) is 5.10 Å². The molecule has 31 heavy (non-hydrogen) atoms. The molecule has 2 aromatic rings. The van der Waals surface area contributed by atoms with Crippen LogP contribution in [0, 0.1) is 0 Å². The van der Waals surface area contributed by atoms with Crippen molar-refractivity contribution in [2.75, 3.05) is 16.4 Å². The molecule has 6 nitrogen and oxygen atoms in total. The highest BCUT2D eigenvalue weighted by Gasteiger charge is 2.44. The van der Waals surface area contributed by atoms with Gasteiger partial charge in [-0.15, -0.1) is 21.5 Å². The van der Waals surface area contributed by atoms with Crippen LogP contribution in [-0.2, 0) is 12.8 Å². The number of amidine groups is 1. The van der Waals surface area contributed by atoms with Crippen LogP contribution < -0.4 is 10.3 Å². The van der Waals surface area contributed by atoms with Crippen LogP contribution in [0.2, 0.25) is 0 Å².